The normalized spacial score (nSPS) is 11.3. The van der Waals surface area contributed by atoms with Crippen LogP contribution in [-0.4, -0.2) is 18.0 Å². The van der Waals surface area contributed by atoms with Crippen LogP contribution in [0.1, 0.15) is 26.3 Å². The lowest BCUT2D eigenvalue weighted by molar-refractivity contribution is -0.120. The Balaban J connectivity index is 2.31. The maximum Gasteiger partial charge on any atom is 0.234 e. The molecule has 0 atom stereocenters. The summed E-state index contributed by atoms with van der Waals surface area (Å²) in [5.41, 5.74) is 0.809. The molecule has 0 bridgehead atoms. The van der Waals surface area contributed by atoms with Gasteiger partial charge in [0.1, 0.15) is 5.82 Å². The van der Waals surface area contributed by atoms with Crippen LogP contribution in [0, 0.1) is 5.82 Å². The Morgan fingerprint density at radius 2 is 1.82 bits per heavy atom. The number of amides is 1. The second-order valence-electron chi connectivity index (χ2n) is 5.01. The van der Waals surface area contributed by atoms with Crippen molar-refractivity contribution in [1.29, 1.82) is 0 Å². The number of carbonyl (C=O) groups excluding carboxylic acids is 1. The average Bonchev–Trinajstić information content (AvgIpc) is 2.25. The molecule has 0 radical (unpaired) electrons. The molecule has 1 aromatic carbocycles. The molecule has 0 fully saturated rings. The third kappa shape index (κ3) is 6.02. The maximum atomic E-state index is 12.6. The first-order valence-electron chi connectivity index (χ1n) is 5.63. The summed E-state index contributed by atoms with van der Waals surface area (Å²) in [4.78, 5) is 11.5. The van der Waals surface area contributed by atoms with E-state index in [1.54, 1.807) is 12.1 Å². The van der Waals surface area contributed by atoms with Gasteiger partial charge in [-0.05, 0) is 38.5 Å². The van der Waals surface area contributed by atoms with E-state index < -0.39 is 0 Å². The minimum atomic E-state index is -0.269. The lowest BCUT2D eigenvalue weighted by Gasteiger charge is -2.20. The van der Waals surface area contributed by atoms with E-state index in [9.17, 15) is 9.18 Å². The molecule has 0 unspecified atom stereocenters. The Morgan fingerprint density at radius 3 is 2.35 bits per heavy atom. The van der Waals surface area contributed by atoms with E-state index in [-0.39, 0.29) is 23.8 Å². The van der Waals surface area contributed by atoms with Gasteiger partial charge in [-0.2, -0.15) is 0 Å². The summed E-state index contributed by atoms with van der Waals surface area (Å²) >= 11 is 0. The minimum absolute atomic E-state index is 0.0655. The van der Waals surface area contributed by atoms with E-state index in [0.717, 1.165) is 5.56 Å². The Hall–Kier alpha value is -1.42. The SMILES string of the molecule is CC(C)(C)NCC(=O)NCc1ccc(F)cc1. The van der Waals surface area contributed by atoms with Crippen LogP contribution in [0.25, 0.3) is 0 Å². The smallest absolute Gasteiger partial charge is 0.234 e. The lowest BCUT2D eigenvalue weighted by Crippen LogP contribution is -2.43. The van der Waals surface area contributed by atoms with Gasteiger partial charge in [-0.25, -0.2) is 4.39 Å². The van der Waals surface area contributed by atoms with Crippen LogP contribution in [0.5, 0.6) is 0 Å². The van der Waals surface area contributed by atoms with Gasteiger partial charge in [0.2, 0.25) is 5.91 Å². The molecule has 4 heteroatoms. The van der Waals surface area contributed by atoms with Gasteiger partial charge in [0.25, 0.3) is 0 Å². The highest BCUT2D eigenvalue weighted by molar-refractivity contribution is 5.78. The Kier molecular flexibility index (Phi) is 4.63. The summed E-state index contributed by atoms with van der Waals surface area (Å²) in [6.45, 7) is 6.70. The van der Waals surface area contributed by atoms with Crippen LogP contribution in [0.4, 0.5) is 4.39 Å². The van der Waals surface area contributed by atoms with Crippen molar-refractivity contribution in [2.45, 2.75) is 32.9 Å². The molecule has 3 nitrogen and oxygen atoms in total. The van der Waals surface area contributed by atoms with Crippen LogP contribution >= 0.6 is 0 Å². The minimum Gasteiger partial charge on any atom is -0.351 e. The summed E-state index contributed by atoms with van der Waals surface area (Å²) in [5, 5.41) is 5.86. The van der Waals surface area contributed by atoms with Gasteiger partial charge in [0, 0.05) is 12.1 Å². The molecular weight excluding hydrogens is 219 g/mol. The van der Waals surface area contributed by atoms with Crippen molar-refractivity contribution in [3.63, 3.8) is 0 Å². The molecule has 2 N–H and O–H groups in total. The van der Waals surface area contributed by atoms with Crippen LogP contribution in [0.2, 0.25) is 0 Å². The molecule has 1 amide bonds. The van der Waals surface area contributed by atoms with Gasteiger partial charge in [-0.15, -0.1) is 0 Å². The van der Waals surface area contributed by atoms with Crippen molar-refractivity contribution in [3.8, 4) is 0 Å². The topological polar surface area (TPSA) is 41.1 Å². The van der Waals surface area contributed by atoms with Crippen LogP contribution < -0.4 is 10.6 Å². The molecule has 0 aromatic heterocycles. The maximum absolute atomic E-state index is 12.6. The Bertz CT molecular complexity index is 368. The van der Waals surface area contributed by atoms with Crippen LogP contribution in [-0.2, 0) is 11.3 Å². The molecule has 0 aliphatic heterocycles. The number of halogens is 1. The Morgan fingerprint density at radius 1 is 1.24 bits per heavy atom. The van der Waals surface area contributed by atoms with Crippen molar-refractivity contribution in [2.75, 3.05) is 6.54 Å². The quantitative estimate of drug-likeness (QED) is 0.840. The van der Waals surface area contributed by atoms with Crippen molar-refractivity contribution < 1.29 is 9.18 Å². The van der Waals surface area contributed by atoms with Crippen molar-refractivity contribution in [3.05, 3.63) is 35.6 Å². The molecule has 1 rings (SSSR count). The van der Waals surface area contributed by atoms with Crippen LogP contribution in [0.3, 0.4) is 0 Å². The van der Waals surface area contributed by atoms with Gasteiger partial charge in [0.15, 0.2) is 0 Å². The second kappa shape index (κ2) is 5.77. The molecule has 0 spiro atoms. The molecule has 94 valence electrons. The van der Waals surface area contributed by atoms with Gasteiger partial charge in [-0.1, -0.05) is 12.1 Å². The molecule has 0 aliphatic rings. The number of hydrogen-bond donors (Lipinski definition) is 2. The number of hydrogen-bond acceptors (Lipinski definition) is 2. The second-order valence-corrected chi connectivity index (χ2v) is 5.01. The molecular formula is C13H19FN2O. The first-order valence-corrected chi connectivity index (χ1v) is 5.63. The summed E-state index contributed by atoms with van der Waals surface area (Å²) < 4.78 is 12.6. The average molecular weight is 238 g/mol. The Labute approximate surface area is 101 Å². The van der Waals surface area contributed by atoms with E-state index in [2.05, 4.69) is 10.6 Å². The lowest BCUT2D eigenvalue weighted by atomic mass is 10.1. The molecule has 0 saturated carbocycles. The summed E-state index contributed by atoms with van der Waals surface area (Å²) in [6.07, 6.45) is 0. The summed E-state index contributed by atoms with van der Waals surface area (Å²) in [5.74, 6) is -0.335. The van der Waals surface area contributed by atoms with Gasteiger partial charge >= 0.3 is 0 Å². The van der Waals surface area contributed by atoms with Gasteiger partial charge < -0.3 is 10.6 Å². The molecule has 0 aliphatic carbocycles. The first-order chi connectivity index (χ1) is 7.87. The zero-order valence-corrected chi connectivity index (χ0v) is 10.5. The fourth-order valence-electron chi connectivity index (χ4n) is 1.21. The summed E-state index contributed by atoms with van der Waals surface area (Å²) in [7, 11) is 0. The van der Waals surface area contributed by atoms with E-state index in [4.69, 9.17) is 0 Å². The third-order valence-corrected chi connectivity index (χ3v) is 2.18. The highest BCUT2D eigenvalue weighted by Gasteiger charge is 2.10. The number of benzene rings is 1. The van der Waals surface area contributed by atoms with E-state index in [1.165, 1.54) is 12.1 Å². The number of rotatable bonds is 4. The first kappa shape index (κ1) is 13.6. The summed E-state index contributed by atoms with van der Waals surface area (Å²) in [6, 6.07) is 6.09. The largest absolute Gasteiger partial charge is 0.351 e. The predicted octanol–water partition coefficient (Wildman–Crippen LogP) is 1.83. The highest BCUT2D eigenvalue weighted by Crippen LogP contribution is 2.02. The van der Waals surface area contributed by atoms with E-state index in [0.29, 0.717) is 6.54 Å². The molecule has 0 saturated heterocycles. The number of carbonyl (C=O) groups is 1. The van der Waals surface area contributed by atoms with Gasteiger partial charge in [-0.3, -0.25) is 4.79 Å². The number of nitrogens with one attached hydrogen (secondary N) is 2. The zero-order chi connectivity index (χ0) is 12.9. The molecule has 17 heavy (non-hydrogen) atoms. The van der Waals surface area contributed by atoms with Gasteiger partial charge in [0.05, 0.1) is 6.54 Å². The third-order valence-electron chi connectivity index (χ3n) is 2.18. The van der Waals surface area contributed by atoms with Crippen molar-refractivity contribution in [2.24, 2.45) is 0 Å². The zero-order valence-electron chi connectivity index (χ0n) is 10.5. The molecule has 1 aromatic rings. The monoisotopic (exact) mass is 238 g/mol. The standard InChI is InChI=1S/C13H19FN2O/c1-13(2,3)16-9-12(17)15-8-10-4-6-11(14)7-5-10/h4-7,16H,8-9H2,1-3H3,(H,15,17). The highest BCUT2D eigenvalue weighted by atomic mass is 19.1. The predicted molar refractivity (Wildman–Crippen MR) is 66.0 cm³/mol. The fourth-order valence-corrected chi connectivity index (χ4v) is 1.21. The van der Waals surface area contributed by atoms with E-state index in [1.807, 2.05) is 20.8 Å². The van der Waals surface area contributed by atoms with Crippen LogP contribution in [0.15, 0.2) is 24.3 Å². The molecule has 0 heterocycles. The van der Waals surface area contributed by atoms with Crippen molar-refractivity contribution in [1.82, 2.24) is 10.6 Å². The van der Waals surface area contributed by atoms with E-state index >= 15 is 0 Å². The van der Waals surface area contributed by atoms with Crippen molar-refractivity contribution >= 4 is 5.91 Å². The fraction of sp³-hybridized carbons (Fsp3) is 0.462.